The number of carbonyl (C=O) groups is 2. The molecule has 0 fully saturated rings. The standard InChI is InChI=1S/C23H29N3O5S/c1-5-15-24-23(28)22(19-9-7-6-8-10-19)26(21(27)17-25(2)32(4,29)30)16-18-11-13-20(31-3)14-12-18/h5-14,22H,1,15-17H2,2-4H3,(H,24,28)/t22-/m0/s1. The molecule has 0 unspecified atom stereocenters. The van der Waals surface area contributed by atoms with E-state index in [0.29, 0.717) is 11.3 Å². The normalized spacial score (nSPS) is 12.1. The number of hydrogen-bond donors (Lipinski definition) is 1. The van der Waals surface area contributed by atoms with Crippen molar-refractivity contribution in [3.05, 3.63) is 78.4 Å². The smallest absolute Gasteiger partial charge is 0.247 e. The first-order valence-corrected chi connectivity index (χ1v) is 11.8. The number of rotatable bonds is 11. The van der Waals surface area contributed by atoms with Crippen molar-refractivity contribution in [1.29, 1.82) is 0 Å². The number of sulfonamides is 1. The minimum absolute atomic E-state index is 0.0987. The van der Waals surface area contributed by atoms with Crippen LogP contribution in [0, 0.1) is 0 Å². The molecule has 172 valence electrons. The van der Waals surface area contributed by atoms with Crippen molar-refractivity contribution >= 4 is 21.8 Å². The summed E-state index contributed by atoms with van der Waals surface area (Å²) in [6.45, 7) is 3.55. The summed E-state index contributed by atoms with van der Waals surface area (Å²) in [7, 11) is -0.698. The van der Waals surface area contributed by atoms with Gasteiger partial charge in [0.2, 0.25) is 21.8 Å². The lowest BCUT2D eigenvalue weighted by molar-refractivity contribution is -0.141. The van der Waals surface area contributed by atoms with Crippen molar-refractivity contribution in [3.8, 4) is 5.75 Å². The van der Waals surface area contributed by atoms with Crippen LogP contribution in [-0.2, 0) is 26.2 Å². The number of ether oxygens (including phenoxy) is 1. The van der Waals surface area contributed by atoms with Crippen LogP contribution in [0.25, 0.3) is 0 Å². The molecule has 8 nitrogen and oxygen atoms in total. The maximum absolute atomic E-state index is 13.3. The van der Waals surface area contributed by atoms with Gasteiger partial charge >= 0.3 is 0 Å². The Bertz CT molecular complexity index is 1020. The molecule has 0 aromatic heterocycles. The number of nitrogens with zero attached hydrogens (tertiary/aromatic N) is 2. The Morgan fingerprint density at radius 1 is 1.12 bits per heavy atom. The molecule has 0 aliphatic heterocycles. The minimum Gasteiger partial charge on any atom is -0.497 e. The van der Waals surface area contributed by atoms with E-state index in [4.69, 9.17) is 4.74 Å². The molecule has 0 radical (unpaired) electrons. The third kappa shape index (κ3) is 6.93. The van der Waals surface area contributed by atoms with E-state index in [1.54, 1.807) is 61.7 Å². The first-order valence-electron chi connectivity index (χ1n) is 9.94. The molecule has 0 aliphatic rings. The lowest BCUT2D eigenvalue weighted by Gasteiger charge is -2.32. The second-order valence-corrected chi connectivity index (χ2v) is 9.33. The van der Waals surface area contributed by atoms with Crippen LogP contribution in [0.15, 0.2) is 67.3 Å². The van der Waals surface area contributed by atoms with Gasteiger partial charge in [0, 0.05) is 20.1 Å². The summed E-state index contributed by atoms with van der Waals surface area (Å²) in [6, 6.07) is 15.0. The number of hydrogen-bond acceptors (Lipinski definition) is 5. The molecule has 0 heterocycles. The van der Waals surface area contributed by atoms with E-state index >= 15 is 0 Å². The molecule has 1 N–H and O–H groups in total. The number of carbonyl (C=O) groups excluding carboxylic acids is 2. The molecule has 2 aromatic carbocycles. The fourth-order valence-electron chi connectivity index (χ4n) is 3.03. The maximum atomic E-state index is 13.3. The van der Waals surface area contributed by atoms with Gasteiger partial charge in [0.25, 0.3) is 0 Å². The van der Waals surface area contributed by atoms with Crippen LogP contribution in [0.5, 0.6) is 5.75 Å². The molecule has 0 bridgehead atoms. The largest absolute Gasteiger partial charge is 0.497 e. The van der Waals surface area contributed by atoms with Crippen molar-refractivity contribution in [2.45, 2.75) is 12.6 Å². The number of amides is 2. The summed E-state index contributed by atoms with van der Waals surface area (Å²) in [4.78, 5) is 27.8. The van der Waals surface area contributed by atoms with Crippen LogP contribution in [0.3, 0.4) is 0 Å². The molecule has 0 saturated heterocycles. The Morgan fingerprint density at radius 3 is 2.28 bits per heavy atom. The lowest BCUT2D eigenvalue weighted by Crippen LogP contribution is -2.47. The predicted molar refractivity (Wildman–Crippen MR) is 123 cm³/mol. The summed E-state index contributed by atoms with van der Waals surface area (Å²) in [6.07, 6.45) is 2.58. The molecular weight excluding hydrogens is 430 g/mol. The zero-order valence-electron chi connectivity index (χ0n) is 18.5. The topological polar surface area (TPSA) is 96.0 Å². The summed E-state index contributed by atoms with van der Waals surface area (Å²) < 4.78 is 29.9. The van der Waals surface area contributed by atoms with Gasteiger partial charge < -0.3 is 15.0 Å². The highest BCUT2D eigenvalue weighted by Gasteiger charge is 2.32. The van der Waals surface area contributed by atoms with Gasteiger partial charge in [0.15, 0.2) is 0 Å². The Hall–Kier alpha value is -3.17. The average Bonchev–Trinajstić information content (AvgIpc) is 2.77. The van der Waals surface area contributed by atoms with Gasteiger partial charge in [-0.25, -0.2) is 8.42 Å². The summed E-state index contributed by atoms with van der Waals surface area (Å²) in [5.74, 6) is -0.233. The second kappa shape index (κ2) is 11.4. The van der Waals surface area contributed by atoms with Crippen LogP contribution < -0.4 is 10.1 Å². The Balaban J connectivity index is 2.48. The number of benzene rings is 2. The third-order valence-corrected chi connectivity index (χ3v) is 6.11. The van der Waals surface area contributed by atoms with Crippen LogP contribution in [0.4, 0.5) is 0 Å². The molecule has 2 amide bonds. The fourth-order valence-corrected chi connectivity index (χ4v) is 3.37. The zero-order valence-corrected chi connectivity index (χ0v) is 19.3. The molecule has 2 rings (SSSR count). The first kappa shape index (κ1) is 25.1. The van der Waals surface area contributed by atoms with E-state index in [2.05, 4.69) is 11.9 Å². The van der Waals surface area contributed by atoms with Gasteiger partial charge in [-0.2, -0.15) is 4.31 Å². The molecule has 0 aliphatic carbocycles. The predicted octanol–water partition coefficient (Wildman–Crippen LogP) is 1.96. The van der Waals surface area contributed by atoms with Gasteiger partial charge in [-0.05, 0) is 23.3 Å². The van der Waals surface area contributed by atoms with Crippen molar-refractivity contribution in [2.24, 2.45) is 0 Å². The van der Waals surface area contributed by atoms with Crippen LogP contribution >= 0.6 is 0 Å². The van der Waals surface area contributed by atoms with Gasteiger partial charge in [-0.1, -0.05) is 48.5 Å². The highest BCUT2D eigenvalue weighted by Crippen LogP contribution is 2.25. The lowest BCUT2D eigenvalue weighted by atomic mass is 10.0. The Kier molecular flexibility index (Phi) is 8.98. The quantitative estimate of drug-likeness (QED) is 0.518. The highest BCUT2D eigenvalue weighted by molar-refractivity contribution is 7.88. The average molecular weight is 460 g/mol. The van der Waals surface area contributed by atoms with E-state index in [1.807, 2.05) is 6.07 Å². The van der Waals surface area contributed by atoms with E-state index in [0.717, 1.165) is 16.1 Å². The number of nitrogens with one attached hydrogen (secondary N) is 1. The number of likely N-dealkylation sites (N-methyl/N-ethyl adjacent to an activating group) is 1. The molecule has 0 saturated carbocycles. The maximum Gasteiger partial charge on any atom is 0.247 e. The molecule has 1 atom stereocenters. The summed E-state index contributed by atoms with van der Waals surface area (Å²) in [5, 5.41) is 2.75. The Labute approximate surface area is 189 Å². The summed E-state index contributed by atoms with van der Waals surface area (Å²) >= 11 is 0. The van der Waals surface area contributed by atoms with Crippen LogP contribution in [-0.4, -0.2) is 62.9 Å². The van der Waals surface area contributed by atoms with E-state index in [9.17, 15) is 18.0 Å². The van der Waals surface area contributed by atoms with Crippen molar-refractivity contribution < 1.29 is 22.7 Å². The Morgan fingerprint density at radius 2 is 1.75 bits per heavy atom. The number of methoxy groups -OCH3 is 1. The van der Waals surface area contributed by atoms with Gasteiger partial charge in [-0.15, -0.1) is 6.58 Å². The van der Waals surface area contributed by atoms with E-state index in [-0.39, 0.29) is 19.0 Å². The van der Waals surface area contributed by atoms with Gasteiger partial charge in [-0.3, -0.25) is 9.59 Å². The SMILES string of the molecule is C=CCNC(=O)[C@H](c1ccccc1)N(Cc1ccc(OC)cc1)C(=O)CN(C)S(C)(=O)=O. The van der Waals surface area contributed by atoms with Gasteiger partial charge in [0.05, 0.1) is 19.9 Å². The molecular formula is C23H29N3O5S. The second-order valence-electron chi connectivity index (χ2n) is 7.24. The molecule has 0 spiro atoms. The highest BCUT2D eigenvalue weighted by atomic mass is 32.2. The molecule has 9 heteroatoms. The van der Waals surface area contributed by atoms with Crippen LogP contribution in [0.2, 0.25) is 0 Å². The van der Waals surface area contributed by atoms with E-state index < -0.39 is 28.5 Å². The zero-order chi connectivity index (χ0) is 23.7. The van der Waals surface area contributed by atoms with Crippen molar-refractivity contribution in [3.63, 3.8) is 0 Å². The van der Waals surface area contributed by atoms with E-state index in [1.165, 1.54) is 11.9 Å². The monoisotopic (exact) mass is 459 g/mol. The first-order chi connectivity index (χ1) is 15.2. The molecule has 2 aromatic rings. The minimum atomic E-state index is -3.58. The summed E-state index contributed by atoms with van der Waals surface area (Å²) in [5.41, 5.74) is 1.37. The van der Waals surface area contributed by atoms with Crippen molar-refractivity contribution in [2.75, 3.05) is 33.5 Å². The fraction of sp³-hybridized carbons (Fsp3) is 0.304. The molecule has 32 heavy (non-hydrogen) atoms. The third-order valence-electron chi connectivity index (χ3n) is 4.85. The van der Waals surface area contributed by atoms with Gasteiger partial charge in [0.1, 0.15) is 11.8 Å². The van der Waals surface area contributed by atoms with Crippen molar-refractivity contribution in [1.82, 2.24) is 14.5 Å². The van der Waals surface area contributed by atoms with Crippen LogP contribution in [0.1, 0.15) is 17.2 Å².